The molecular formula is C18H15FN2O3S2. The normalized spacial score (nSPS) is 11.3. The molecule has 26 heavy (non-hydrogen) atoms. The highest BCUT2D eigenvalue weighted by atomic mass is 32.2. The van der Waals surface area contributed by atoms with Gasteiger partial charge in [-0.2, -0.15) is 0 Å². The fourth-order valence-corrected chi connectivity index (χ4v) is 4.22. The molecule has 0 aliphatic carbocycles. The Morgan fingerprint density at radius 3 is 2.46 bits per heavy atom. The van der Waals surface area contributed by atoms with Crippen LogP contribution in [0.15, 0.2) is 64.9 Å². The van der Waals surface area contributed by atoms with E-state index in [2.05, 4.69) is 10.3 Å². The van der Waals surface area contributed by atoms with Crippen molar-refractivity contribution in [3.05, 3.63) is 65.8 Å². The molecule has 1 N–H and O–H groups in total. The van der Waals surface area contributed by atoms with E-state index in [9.17, 15) is 17.6 Å². The smallest absolute Gasteiger partial charge is 0.227 e. The molecule has 0 spiro atoms. The molecule has 0 bridgehead atoms. The fraction of sp³-hybridized carbons (Fsp3) is 0.111. The maximum atomic E-state index is 12.9. The summed E-state index contributed by atoms with van der Waals surface area (Å²) < 4.78 is 37.2. The standard InChI is InChI=1S/C18H15FN2O3S2/c19-14-6-8-15(9-7-14)26(23,24)11-10-17(22)21-18-20-16(12-25-18)13-4-2-1-3-5-13/h1-9,12H,10-11H2,(H,20,21,22). The van der Waals surface area contributed by atoms with E-state index in [-0.39, 0.29) is 17.1 Å². The van der Waals surface area contributed by atoms with Gasteiger partial charge in [-0.25, -0.2) is 17.8 Å². The third-order valence-electron chi connectivity index (χ3n) is 3.59. The van der Waals surface area contributed by atoms with E-state index in [0.717, 1.165) is 23.4 Å². The predicted octanol–water partition coefficient (Wildman–Crippen LogP) is 3.75. The van der Waals surface area contributed by atoms with Crippen LogP contribution in [-0.2, 0) is 14.6 Å². The number of carbonyl (C=O) groups excluding carboxylic acids is 1. The Balaban J connectivity index is 1.59. The van der Waals surface area contributed by atoms with E-state index < -0.39 is 21.6 Å². The number of hydrogen-bond acceptors (Lipinski definition) is 5. The summed E-state index contributed by atoms with van der Waals surface area (Å²) in [6.07, 6.45) is -0.208. The minimum absolute atomic E-state index is 0.00712. The van der Waals surface area contributed by atoms with Crippen molar-refractivity contribution < 1.29 is 17.6 Å². The number of anilines is 1. The SMILES string of the molecule is O=C(CCS(=O)(=O)c1ccc(F)cc1)Nc1nc(-c2ccccc2)cs1. The average molecular weight is 390 g/mol. The van der Waals surface area contributed by atoms with Crippen LogP contribution in [0.4, 0.5) is 9.52 Å². The lowest BCUT2D eigenvalue weighted by atomic mass is 10.2. The molecule has 8 heteroatoms. The highest BCUT2D eigenvalue weighted by Gasteiger charge is 2.17. The van der Waals surface area contributed by atoms with Gasteiger partial charge >= 0.3 is 0 Å². The van der Waals surface area contributed by atoms with Crippen molar-refractivity contribution in [2.24, 2.45) is 0 Å². The van der Waals surface area contributed by atoms with E-state index in [1.807, 2.05) is 35.7 Å². The van der Waals surface area contributed by atoms with Crippen LogP contribution in [-0.4, -0.2) is 25.1 Å². The van der Waals surface area contributed by atoms with Crippen LogP contribution in [0.2, 0.25) is 0 Å². The number of hydrogen-bond donors (Lipinski definition) is 1. The maximum Gasteiger partial charge on any atom is 0.227 e. The Morgan fingerprint density at radius 2 is 1.77 bits per heavy atom. The number of carbonyl (C=O) groups is 1. The largest absolute Gasteiger partial charge is 0.302 e. The van der Waals surface area contributed by atoms with Gasteiger partial charge in [0.05, 0.1) is 16.3 Å². The molecule has 1 aromatic heterocycles. The van der Waals surface area contributed by atoms with Crippen molar-refractivity contribution >= 4 is 32.2 Å². The molecule has 1 heterocycles. The predicted molar refractivity (Wildman–Crippen MR) is 99.2 cm³/mol. The molecule has 2 aromatic carbocycles. The topological polar surface area (TPSA) is 76.1 Å². The molecule has 0 aliphatic heterocycles. The molecule has 0 aliphatic rings. The highest BCUT2D eigenvalue weighted by molar-refractivity contribution is 7.91. The van der Waals surface area contributed by atoms with Gasteiger partial charge in [0.1, 0.15) is 5.82 Å². The zero-order chi connectivity index (χ0) is 18.6. The van der Waals surface area contributed by atoms with Gasteiger partial charge in [0, 0.05) is 17.4 Å². The maximum absolute atomic E-state index is 12.9. The first-order valence-electron chi connectivity index (χ1n) is 7.73. The second kappa shape index (κ2) is 7.76. The second-order valence-electron chi connectivity index (χ2n) is 5.47. The number of benzene rings is 2. The molecule has 3 aromatic rings. The molecule has 0 unspecified atom stereocenters. The number of amides is 1. The number of nitrogens with zero attached hydrogens (tertiary/aromatic N) is 1. The molecule has 1 amide bonds. The summed E-state index contributed by atoms with van der Waals surface area (Å²) in [6, 6.07) is 14.1. The molecule has 3 rings (SSSR count). The third kappa shape index (κ3) is 4.53. The lowest BCUT2D eigenvalue weighted by molar-refractivity contribution is -0.115. The first kappa shape index (κ1) is 18.2. The Bertz CT molecular complexity index is 1000. The number of halogens is 1. The summed E-state index contributed by atoms with van der Waals surface area (Å²) in [5, 5.41) is 4.84. The van der Waals surface area contributed by atoms with Gasteiger partial charge in [0.25, 0.3) is 0 Å². The zero-order valence-corrected chi connectivity index (χ0v) is 15.2. The lowest BCUT2D eigenvalue weighted by Crippen LogP contribution is -2.17. The van der Waals surface area contributed by atoms with Crippen LogP contribution in [0.5, 0.6) is 0 Å². The van der Waals surface area contributed by atoms with Crippen LogP contribution in [0.3, 0.4) is 0 Å². The summed E-state index contributed by atoms with van der Waals surface area (Å²) in [5.41, 5.74) is 1.67. The van der Waals surface area contributed by atoms with Gasteiger partial charge in [-0.1, -0.05) is 30.3 Å². The van der Waals surface area contributed by atoms with Gasteiger partial charge < -0.3 is 5.32 Å². The summed E-state index contributed by atoms with van der Waals surface area (Å²) in [5.74, 6) is -1.31. The molecule has 134 valence electrons. The Kier molecular flexibility index (Phi) is 5.43. The summed E-state index contributed by atoms with van der Waals surface area (Å²) in [7, 11) is -3.65. The van der Waals surface area contributed by atoms with Crippen LogP contribution in [0.25, 0.3) is 11.3 Å². The van der Waals surface area contributed by atoms with Crippen molar-refractivity contribution in [1.82, 2.24) is 4.98 Å². The minimum Gasteiger partial charge on any atom is -0.302 e. The number of sulfone groups is 1. The van der Waals surface area contributed by atoms with Crippen molar-refractivity contribution in [1.29, 1.82) is 0 Å². The molecular weight excluding hydrogens is 375 g/mol. The molecule has 5 nitrogen and oxygen atoms in total. The number of nitrogens with one attached hydrogen (secondary N) is 1. The van der Waals surface area contributed by atoms with E-state index in [1.54, 1.807) is 0 Å². The number of thiazole rings is 1. The Labute approximate surface area is 154 Å². The van der Waals surface area contributed by atoms with Crippen LogP contribution >= 0.6 is 11.3 Å². The average Bonchev–Trinajstić information content (AvgIpc) is 3.10. The first-order chi connectivity index (χ1) is 12.4. The van der Waals surface area contributed by atoms with Crippen LogP contribution in [0, 0.1) is 5.82 Å². The third-order valence-corrected chi connectivity index (χ3v) is 6.08. The summed E-state index contributed by atoms with van der Waals surface area (Å²) in [4.78, 5) is 16.3. The Morgan fingerprint density at radius 1 is 1.08 bits per heavy atom. The van der Waals surface area contributed by atoms with E-state index >= 15 is 0 Å². The molecule has 0 fully saturated rings. The van der Waals surface area contributed by atoms with Gasteiger partial charge in [-0.15, -0.1) is 11.3 Å². The van der Waals surface area contributed by atoms with Crippen LogP contribution < -0.4 is 5.32 Å². The van der Waals surface area contributed by atoms with Crippen molar-refractivity contribution in [3.63, 3.8) is 0 Å². The van der Waals surface area contributed by atoms with Gasteiger partial charge in [-0.05, 0) is 24.3 Å². The lowest BCUT2D eigenvalue weighted by Gasteiger charge is -2.04. The molecule has 0 saturated heterocycles. The van der Waals surface area contributed by atoms with Crippen molar-refractivity contribution in [3.8, 4) is 11.3 Å². The minimum atomic E-state index is -3.65. The summed E-state index contributed by atoms with van der Waals surface area (Å²) in [6.45, 7) is 0. The molecule has 0 saturated carbocycles. The van der Waals surface area contributed by atoms with Crippen molar-refractivity contribution in [2.45, 2.75) is 11.3 Å². The van der Waals surface area contributed by atoms with Gasteiger partial charge in [0.2, 0.25) is 5.91 Å². The van der Waals surface area contributed by atoms with E-state index in [4.69, 9.17) is 0 Å². The molecule has 0 radical (unpaired) electrons. The molecule has 0 atom stereocenters. The van der Waals surface area contributed by atoms with E-state index in [1.165, 1.54) is 23.5 Å². The monoisotopic (exact) mass is 390 g/mol. The van der Waals surface area contributed by atoms with Gasteiger partial charge in [-0.3, -0.25) is 4.79 Å². The number of rotatable bonds is 6. The van der Waals surface area contributed by atoms with Crippen molar-refractivity contribution in [2.75, 3.05) is 11.1 Å². The quantitative estimate of drug-likeness (QED) is 0.651. The Hall–Kier alpha value is -2.58. The first-order valence-corrected chi connectivity index (χ1v) is 10.3. The van der Waals surface area contributed by atoms with Crippen LogP contribution in [0.1, 0.15) is 6.42 Å². The fourth-order valence-electron chi connectivity index (χ4n) is 2.24. The van der Waals surface area contributed by atoms with E-state index in [0.29, 0.717) is 5.13 Å². The zero-order valence-electron chi connectivity index (χ0n) is 13.6. The summed E-state index contributed by atoms with van der Waals surface area (Å²) >= 11 is 1.27. The van der Waals surface area contributed by atoms with Gasteiger partial charge in [0.15, 0.2) is 15.0 Å². The highest BCUT2D eigenvalue weighted by Crippen LogP contribution is 2.24. The second-order valence-corrected chi connectivity index (χ2v) is 8.44. The number of aromatic nitrogens is 1.